The van der Waals surface area contributed by atoms with E-state index < -0.39 is 0 Å². The van der Waals surface area contributed by atoms with E-state index in [2.05, 4.69) is 39.0 Å². The van der Waals surface area contributed by atoms with Gasteiger partial charge in [-0.3, -0.25) is 0 Å². The second-order valence-corrected chi connectivity index (χ2v) is 4.47. The highest BCUT2D eigenvalue weighted by molar-refractivity contribution is 5.25. The van der Waals surface area contributed by atoms with Gasteiger partial charge in [-0.05, 0) is 43.3 Å². The summed E-state index contributed by atoms with van der Waals surface area (Å²) >= 11 is 0. The topological polar surface area (TPSA) is 0 Å². The number of hydrogen-bond acceptors (Lipinski definition) is 0. The molecule has 0 aliphatic heterocycles. The summed E-state index contributed by atoms with van der Waals surface area (Å²) in [6.07, 6.45) is 8.72. The van der Waals surface area contributed by atoms with Crippen LogP contribution in [0.1, 0.15) is 34.1 Å². The van der Waals surface area contributed by atoms with Crippen LogP contribution in [-0.2, 0) is 0 Å². The number of halogens is 1. The number of hydrogen-bond donors (Lipinski definition) is 0. The van der Waals surface area contributed by atoms with Crippen molar-refractivity contribution in [2.45, 2.75) is 34.1 Å². The van der Waals surface area contributed by atoms with Gasteiger partial charge in [-0.1, -0.05) is 32.1 Å². The molecule has 3 unspecified atom stereocenters. The van der Waals surface area contributed by atoms with Gasteiger partial charge in [0.2, 0.25) is 0 Å². The highest BCUT2D eigenvalue weighted by Gasteiger charge is 2.29. The Hall–Kier alpha value is -0.850. The van der Waals surface area contributed by atoms with E-state index in [0.717, 1.165) is 0 Å². The van der Waals surface area contributed by atoms with Crippen LogP contribution in [0.2, 0.25) is 0 Å². The Morgan fingerprint density at radius 2 is 2.07 bits per heavy atom. The fraction of sp³-hybridized carbons (Fsp3) is 0.571. The molecule has 0 aromatic rings. The lowest BCUT2D eigenvalue weighted by Crippen LogP contribution is -2.24. The average Bonchev–Trinajstić information content (AvgIpc) is 2.14. The quantitative estimate of drug-likeness (QED) is 0.579. The van der Waals surface area contributed by atoms with E-state index in [9.17, 15) is 4.39 Å². The Morgan fingerprint density at radius 1 is 1.40 bits per heavy atom. The third-order valence-electron chi connectivity index (χ3n) is 3.22. The summed E-state index contributed by atoms with van der Waals surface area (Å²) in [7, 11) is 0. The summed E-state index contributed by atoms with van der Waals surface area (Å²) in [6, 6.07) is 0. The SMILES string of the molecule is C/C=C\C(=C/C)C1C(C)C=C(F)CC1C. The minimum Gasteiger partial charge on any atom is -0.212 e. The van der Waals surface area contributed by atoms with Crippen LogP contribution in [0.4, 0.5) is 4.39 Å². The van der Waals surface area contributed by atoms with E-state index in [0.29, 0.717) is 24.2 Å². The molecule has 0 amide bonds. The van der Waals surface area contributed by atoms with Crippen LogP contribution in [0.5, 0.6) is 0 Å². The van der Waals surface area contributed by atoms with Gasteiger partial charge in [0.15, 0.2) is 0 Å². The fourth-order valence-electron chi connectivity index (χ4n) is 2.63. The fourth-order valence-corrected chi connectivity index (χ4v) is 2.63. The summed E-state index contributed by atoms with van der Waals surface area (Å²) in [5, 5.41) is 0. The molecule has 0 saturated heterocycles. The smallest absolute Gasteiger partial charge is 0.0965 e. The van der Waals surface area contributed by atoms with Crippen molar-refractivity contribution in [2.24, 2.45) is 17.8 Å². The molecule has 1 rings (SSSR count). The maximum Gasteiger partial charge on any atom is 0.0965 e. The minimum absolute atomic E-state index is 0.0576. The van der Waals surface area contributed by atoms with Crippen LogP contribution in [0.25, 0.3) is 0 Å². The third-order valence-corrected chi connectivity index (χ3v) is 3.22. The van der Waals surface area contributed by atoms with Gasteiger partial charge in [0.05, 0.1) is 5.83 Å². The molecule has 15 heavy (non-hydrogen) atoms. The summed E-state index contributed by atoms with van der Waals surface area (Å²) < 4.78 is 13.2. The molecule has 0 N–H and O–H groups in total. The first-order chi connectivity index (χ1) is 7.10. The van der Waals surface area contributed by atoms with Crippen LogP contribution < -0.4 is 0 Å². The van der Waals surface area contributed by atoms with E-state index in [4.69, 9.17) is 0 Å². The van der Waals surface area contributed by atoms with Gasteiger partial charge in [0.25, 0.3) is 0 Å². The van der Waals surface area contributed by atoms with E-state index >= 15 is 0 Å². The van der Waals surface area contributed by atoms with Gasteiger partial charge >= 0.3 is 0 Å². The third kappa shape index (κ3) is 2.80. The van der Waals surface area contributed by atoms with E-state index in [1.165, 1.54) is 5.57 Å². The molecule has 0 aromatic carbocycles. The first-order valence-electron chi connectivity index (χ1n) is 5.75. The van der Waals surface area contributed by atoms with Crippen molar-refractivity contribution in [3.63, 3.8) is 0 Å². The zero-order valence-corrected chi connectivity index (χ0v) is 10.1. The normalized spacial score (nSPS) is 33.3. The van der Waals surface area contributed by atoms with Gasteiger partial charge in [-0.25, -0.2) is 4.39 Å². The lowest BCUT2D eigenvalue weighted by Gasteiger charge is -2.32. The Bertz CT molecular complexity index is 296. The van der Waals surface area contributed by atoms with E-state index in [1.807, 2.05) is 6.92 Å². The molecule has 0 fully saturated rings. The van der Waals surface area contributed by atoms with Crippen molar-refractivity contribution in [3.8, 4) is 0 Å². The van der Waals surface area contributed by atoms with Crippen molar-refractivity contribution in [1.29, 1.82) is 0 Å². The van der Waals surface area contributed by atoms with Crippen molar-refractivity contribution in [2.75, 3.05) is 0 Å². The predicted octanol–water partition coefficient (Wildman–Crippen LogP) is 4.65. The number of rotatable bonds is 2. The molecular formula is C14H21F. The van der Waals surface area contributed by atoms with Gasteiger partial charge < -0.3 is 0 Å². The molecule has 0 saturated carbocycles. The molecule has 0 aromatic heterocycles. The molecule has 0 nitrogen and oxygen atoms in total. The first-order valence-corrected chi connectivity index (χ1v) is 5.75. The van der Waals surface area contributed by atoms with Crippen LogP contribution in [-0.4, -0.2) is 0 Å². The Balaban J connectivity index is 2.94. The van der Waals surface area contributed by atoms with E-state index in [-0.39, 0.29) is 5.83 Å². The zero-order valence-electron chi connectivity index (χ0n) is 10.1. The maximum atomic E-state index is 13.2. The van der Waals surface area contributed by atoms with Gasteiger partial charge in [-0.15, -0.1) is 0 Å². The second kappa shape index (κ2) is 5.29. The monoisotopic (exact) mass is 208 g/mol. The van der Waals surface area contributed by atoms with Crippen LogP contribution in [0, 0.1) is 17.8 Å². The molecule has 84 valence electrons. The van der Waals surface area contributed by atoms with Gasteiger partial charge in [0.1, 0.15) is 0 Å². The predicted molar refractivity (Wildman–Crippen MR) is 64.2 cm³/mol. The first kappa shape index (κ1) is 12.2. The lowest BCUT2D eigenvalue weighted by atomic mass is 9.73. The Kier molecular flexibility index (Phi) is 4.31. The standard InChI is InChI=1S/C14H21F/c1-5-7-12(6-2)14-10(3)8-13(15)9-11(14)4/h5-8,10-11,14H,9H2,1-4H3/b7-5-,12-6+. The molecule has 0 radical (unpaired) electrons. The second-order valence-electron chi connectivity index (χ2n) is 4.47. The molecule has 1 aliphatic rings. The van der Waals surface area contributed by atoms with E-state index in [1.54, 1.807) is 6.08 Å². The molecule has 1 heteroatoms. The largest absolute Gasteiger partial charge is 0.212 e. The van der Waals surface area contributed by atoms with Crippen LogP contribution >= 0.6 is 0 Å². The van der Waals surface area contributed by atoms with Gasteiger partial charge in [0, 0.05) is 6.42 Å². The maximum absolute atomic E-state index is 13.2. The molecule has 3 atom stereocenters. The summed E-state index contributed by atoms with van der Waals surface area (Å²) in [6.45, 7) is 8.33. The lowest BCUT2D eigenvalue weighted by molar-refractivity contribution is 0.295. The Morgan fingerprint density at radius 3 is 2.53 bits per heavy atom. The summed E-state index contributed by atoms with van der Waals surface area (Å²) in [5.74, 6) is 1.22. The van der Waals surface area contributed by atoms with Crippen molar-refractivity contribution in [3.05, 3.63) is 35.7 Å². The van der Waals surface area contributed by atoms with Crippen LogP contribution in [0.3, 0.4) is 0 Å². The molecule has 0 spiro atoms. The summed E-state index contributed by atoms with van der Waals surface area (Å²) in [4.78, 5) is 0. The van der Waals surface area contributed by atoms with Crippen molar-refractivity contribution >= 4 is 0 Å². The van der Waals surface area contributed by atoms with Crippen molar-refractivity contribution in [1.82, 2.24) is 0 Å². The minimum atomic E-state index is 0.0576. The highest BCUT2D eigenvalue weighted by Crippen LogP contribution is 2.38. The zero-order chi connectivity index (χ0) is 11.4. The summed E-state index contributed by atoms with van der Waals surface area (Å²) in [5.41, 5.74) is 1.33. The van der Waals surface area contributed by atoms with Crippen LogP contribution in [0.15, 0.2) is 35.7 Å². The van der Waals surface area contributed by atoms with Gasteiger partial charge in [-0.2, -0.15) is 0 Å². The van der Waals surface area contributed by atoms with Crippen molar-refractivity contribution < 1.29 is 4.39 Å². The number of allylic oxidation sites excluding steroid dienone is 6. The molecule has 0 bridgehead atoms. The molecule has 1 aliphatic carbocycles. The Labute approximate surface area is 92.6 Å². The highest BCUT2D eigenvalue weighted by atomic mass is 19.1. The average molecular weight is 208 g/mol. The molecular weight excluding hydrogens is 187 g/mol. The molecule has 0 heterocycles.